The average molecular weight is 563 g/mol. The minimum absolute atomic E-state index is 0.0433. The monoisotopic (exact) mass is 562 g/mol. The first kappa shape index (κ1) is 29.2. The molecule has 12 heteroatoms. The number of nitrogens with zero attached hydrogens (tertiary/aromatic N) is 4. The highest BCUT2D eigenvalue weighted by Crippen LogP contribution is 2.21. The topological polar surface area (TPSA) is 117 Å². The number of benzene rings is 1. The van der Waals surface area contributed by atoms with Gasteiger partial charge in [-0.25, -0.2) is 17.8 Å². The van der Waals surface area contributed by atoms with Gasteiger partial charge in [0.15, 0.2) is 5.03 Å². The largest absolute Gasteiger partial charge is 0.356 e. The lowest BCUT2D eigenvalue weighted by Gasteiger charge is -2.32. The van der Waals surface area contributed by atoms with Crippen LogP contribution in [0.1, 0.15) is 44.1 Å². The quantitative estimate of drug-likeness (QED) is 0.533. The van der Waals surface area contributed by atoms with Crippen LogP contribution in [0.4, 0.5) is 4.39 Å². The molecule has 0 aliphatic carbocycles. The summed E-state index contributed by atoms with van der Waals surface area (Å²) in [5.41, 5.74) is 1.09. The van der Waals surface area contributed by atoms with Gasteiger partial charge >= 0.3 is 0 Å². The van der Waals surface area contributed by atoms with E-state index in [0.29, 0.717) is 38.3 Å². The zero-order valence-corrected chi connectivity index (χ0v) is 23.3. The van der Waals surface area contributed by atoms with Crippen molar-refractivity contribution in [3.63, 3.8) is 0 Å². The number of carbonyl (C=O) groups is 2. The van der Waals surface area contributed by atoms with Crippen LogP contribution in [0, 0.1) is 17.7 Å². The number of imidazole rings is 1. The highest BCUT2D eigenvalue weighted by molar-refractivity contribution is 7.89. The van der Waals surface area contributed by atoms with Crippen LogP contribution in [-0.4, -0.2) is 78.3 Å². The smallest absolute Gasteiger partial charge is 0.262 e. The molecule has 2 N–H and O–H groups in total. The van der Waals surface area contributed by atoms with E-state index in [-0.39, 0.29) is 48.1 Å². The van der Waals surface area contributed by atoms with Crippen molar-refractivity contribution in [2.75, 3.05) is 39.3 Å². The molecule has 3 heterocycles. The van der Waals surface area contributed by atoms with Crippen molar-refractivity contribution in [3.05, 3.63) is 48.2 Å². The molecule has 2 aliphatic heterocycles. The number of carbonyl (C=O) groups excluding carboxylic acids is 2. The molecule has 4 rings (SSSR count). The number of amides is 2. The van der Waals surface area contributed by atoms with E-state index in [1.165, 1.54) is 29.0 Å². The molecule has 1 atom stereocenters. The van der Waals surface area contributed by atoms with Crippen molar-refractivity contribution >= 4 is 21.8 Å². The van der Waals surface area contributed by atoms with Gasteiger partial charge in [-0.05, 0) is 68.8 Å². The normalized spacial score (nSPS) is 21.2. The molecule has 1 unspecified atom stereocenters. The van der Waals surface area contributed by atoms with Crippen LogP contribution in [0.5, 0.6) is 0 Å². The number of nitrogens with one attached hydrogen (secondary N) is 2. The Hall–Kier alpha value is -2.83. The Balaban J connectivity index is 1.26. The lowest BCUT2D eigenvalue weighted by molar-refractivity contribution is -0.126. The van der Waals surface area contributed by atoms with Crippen molar-refractivity contribution < 1.29 is 22.4 Å². The maximum atomic E-state index is 13.2. The first-order valence-corrected chi connectivity index (χ1v) is 15.1. The summed E-state index contributed by atoms with van der Waals surface area (Å²) in [6.45, 7) is 3.92. The molecule has 0 radical (unpaired) electrons. The minimum atomic E-state index is -3.83. The Kier molecular flexibility index (Phi) is 10.1. The minimum Gasteiger partial charge on any atom is -0.356 e. The highest BCUT2D eigenvalue weighted by atomic mass is 32.2. The van der Waals surface area contributed by atoms with Gasteiger partial charge in [0.1, 0.15) is 5.82 Å². The third-order valence-corrected chi connectivity index (χ3v) is 9.40. The second-order valence-corrected chi connectivity index (χ2v) is 12.5. The van der Waals surface area contributed by atoms with Gasteiger partial charge in [-0.3, -0.25) is 14.5 Å². The van der Waals surface area contributed by atoms with Crippen molar-refractivity contribution in [1.82, 2.24) is 29.4 Å². The number of sulfonamides is 1. The fourth-order valence-electron chi connectivity index (χ4n) is 5.21. The molecule has 0 bridgehead atoms. The van der Waals surface area contributed by atoms with E-state index >= 15 is 0 Å². The Labute approximate surface area is 230 Å². The van der Waals surface area contributed by atoms with Crippen LogP contribution < -0.4 is 10.6 Å². The van der Waals surface area contributed by atoms with Crippen LogP contribution in [0.15, 0.2) is 41.8 Å². The number of hydrogen-bond acceptors (Lipinski definition) is 6. The number of halogens is 1. The zero-order chi connectivity index (χ0) is 27.8. The van der Waals surface area contributed by atoms with Crippen LogP contribution in [0.2, 0.25) is 0 Å². The number of hydrogen-bond donors (Lipinski definition) is 2. The molecule has 2 aliphatic rings. The summed E-state index contributed by atoms with van der Waals surface area (Å²) in [6.07, 6.45) is 6.45. The van der Waals surface area contributed by atoms with Gasteiger partial charge in [-0.1, -0.05) is 12.1 Å². The summed E-state index contributed by atoms with van der Waals surface area (Å²) in [6, 6.07) is 6.61. The molecule has 214 valence electrons. The van der Waals surface area contributed by atoms with Gasteiger partial charge in [0.25, 0.3) is 10.0 Å². The molecule has 1 aromatic carbocycles. The molecular formula is C27H39FN6O4S. The third-order valence-electron chi connectivity index (χ3n) is 7.61. The highest BCUT2D eigenvalue weighted by Gasteiger charge is 2.29. The molecule has 1 aromatic heterocycles. The van der Waals surface area contributed by atoms with E-state index in [4.69, 9.17) is 0 Å². The van der Waals surface area contributed by atoms with Crippen molar-refractivity contribution in [2.24, 2.45) is 18.9 Å². The molecule has 0 spiro atoms. The second-order valence-electron chi connectivity index (χ2n) is 10.6. The number of likely N-dealkylation sites (tertiary alicyclic amines) is 1. The lowest BCUT2D eigenvalue weighted by Crippen LogP contribution is -2.40. The van der Waals surface area contributed by atoms with E-state index in [1.54, 1.807) is 11.6 Å². The average Bonchev–Trinajstić information content (AvgIpc) is 3.35. The summed E-state index contributed by atoms with van der Waals surface area (Å²) in [4.78, 5) is 31.8. The lowest BCUT2D eigenvalue weighted by atomic mass is 9.94. The maximum Gasteiger partial charge on any atom is 0.262 e. The standard InChI is InChI=1S/C27H39FN6O4S/c1-32-19-26(31-20-32)39(37,38)34-13-2-3-23(8-12-29-25(35)11-16-34)27(36)30-17-21-9-14-33(15-10-21)18-22-4-6-24(28)7-5-22/h4-7,19-21,23H,2-3,8-18H2,1H3,(H,29,35)(H,30,36). The molecule has 2 fully saturated rings. The molecular weight excluding hydrogens is 523 g/mol. The third kappa shape index (κ3) is 8.33. The van der Waals surface area contributed by atoms with E-state index in [0.717, 1.165) is 38.0 Å². The van der Waals surface area contributed by atoms with E-state index in [9.17, 15) is 22.4 Å². The van der Waals surface area contributed by atoms with Crippen LogP contribution in [0.25, 0.3) is 0 Å². The molecule has 2 aromatic rings. The summed E-state index contributed by atoms with van der Waals surface area (Å²) >= 11 is 0. The summed E-state index contributed by atoms with van der Waals surface area (Å²) < 4.78 is 42.2. The van der Waals surface area contributed by atoms with Crippen LogP contribution in [-0.2, 0) is 33.2 Å². The predicted octanol–water partition coefficient (Wildman–Crippen LogP) is 1.88. The fourth-order valence-corrected chi connectivity index (χ4v) is 6.66. The van der Waals surface area contributed by atoms with E-state index < -0.39 is 10.0 Å². The Morgan fingerprint density at radius 1 is 1.10 bits per heavy atom. The summed E-state index contributed by atoms with van der Waals surface area (Å²) in [5, 5.41) is 5.90. The van der Waals surface area contributed by atoms with Gasteiger partial charge in [-0.2, -0.15) is 4.31 Å². The molecule has 2 amide bonds. The van der Waals surface area contributed by atoms with Gasteiger partial charge in [-0.15, -0.1) is 0 Å². The number of rotatable bonds is 7. The summed E-state index contributed by atoms with van der Waals surface area (Å²) in [7, 11) is -2.13. The molecule has 0 saturated carbocycles. The van der Waals surface area contributed by atoms with Crippen LogP contribution >= 0.6 is 0 Å². The first-order chi connectivity index (χ1) is 18.7. The predicted molar refractivity (Wildman–Crippen MR) is 144 cm³/mol. The number of aromatic nitrogens is 2. The Bertz CT molecular complexity index is 1210. The Morgan fingerprint density at radius 3 is 2.54 bits per heavy atom. The summed E-state index contributed by atoms with van der Waals surface area (Å²) in [5.74, 6) is -0.421. The fraction of sp³-hybridized carbons (Fsp3) is 0.593. The van der Waals surface area contributed by atoms with Crippen molar-refractivity contribution in [1.29, 1.82) is 0 Å². The van der Waals surface area contributed by atoms with Gasteiger partial charge in [0, 0.05) is 58.3 Å². The first-order valence-electron chi connectivity index (χ1n) is 13.7. The van der Waals surface area contributed by atoms with E-state index in [1.807, 2.05) is 12.1 Å². The SMILES string of the molecule is Cn1cnc(S(=O)(=O)N2CCCC(C(=O)NCC3CCN(Cc4ccc(F)cc4)CC3)CCNC(=O)CC2)c1. The molecule has 10 nitrogen and oxygen atoms in total. The van der Waals surface area contributed by atoms with E-state index in [2.05, 4.69) is 20.5 Å². The Morgan fingerprint density at radius 2 is 1.85 bits per heavy atom. The van der Waals surface area contributed by atoms with Crippen LogP contribution in [0.3, 0.4) is 0 Å². The van der Waals surface area contributed by atoms with Gasteiger partial charge < -0.3 is 15.2 Å². The zero-order valence-electron chi connectivity index (χ0n) is 22.5. The van der Waals surface area contributed by atoms with Gasteiger partial charge in [0.2, 0.25) is 11.8 Å². The maximum absolute atomic E-state index is 13.2. The molecule has 2 saturated heterocycles. The molecule has 39 heavy (non-hydrogen) atoms. The number of aryl methyl sites for hydroxylation is 1. The second kappa shape index (κ2) is 13.5. The van der Waals surface area contributed by atoms with Gasteiger partial charge in [0.05, 0.1) is 6.33 Å². The number of piperidine rings is 1. The van der Waals surface area contributed by atoms with Crippen molar-refractivity contribution in [3.8, 4) is 0 Å². The van der Waals surface area contributed by atoms with Crippen molar-refractivity contribution in [2.45, 2.75) is 50.1 Å².